The van der Waals surface area contributed by atoms with Gasteiger partial charge in [-0.3, -0.25) is 4.72 Å². The van der Waals surface area contributed by atoms with E-state index in [1.165, 1.54) is 19.2 Å². The van der Waals surface area contributed by atoms with E-state index in [1.807, 2.05) is 0 Å². The molecule has 0 saturated carbocycles. The molecule has 0 unspecified atom stereocenters. The van der Waals surface area contributed by atoms with E-state index in [-0.39, 0.29) is 14.9 Å². The van der Waals surface area contributed by atoms with E-state index in [2.05, 4.69) is 20.7 Å². The zero-order valence-corrected chi connectivity index (χ0v) is 14.6. The second kappa shape index (κ2) is 6.44. The first-order valence-electron chi connectivity index (χ1n) is 5.65. The highest BCUT2D eigenvalue weighted by atomic mass is 79.9. The van der Waals surface area contributed by atoms with Crippen LogP contribution in [0.3, 0.4) is 0 Å². The Hall–Kier alpha value is -0.950. The van der Waals surface area contributed by atoms with E-state index in [4.69, 9.17) is 27.9 Å². The van der Waals surface area contributed by atoms with Gasteiger partial charge in [0.15, 0.2) is 0 Å². The van der Waals surface area contributed by atoms with Crippen molar-refractivity contribution in [1.82, 2.24) is 0 Å². The second-order valence-electron chi connectivity index (χ2n) is 4.00. The molecule has 21 heavy (non-hydrogen) atoms. The third-order valence-electron chi connectivity index (χ3n) is 2.58. The molecule has 1 N–H and O–H groups in total. The van der Waals surface area contributed by atoms with E-state index in [0.29, 0.717) is 15.9 Å². The van der Waals surface area contributed by atoms with Gasteiger partial charge in [0.25, 0.3) is 10.0 Å². The molecule has 0 radical (unpaired) electrons. The summed E-state index contributed by atoms with van der Waals surface area (Å²) in [4.78, 5) is -0.181. The number of hydrogen-bond donors (Lipinski definition) is 1. The Bertz CT molecular complexity index is 758. The molecule has 0 aliphatic carbocycles. The fraction of sp³-hybridized carbons (Fsp3) is 0.0769. The molecule has 0 amide bonds. The molecule has 4 nitrogen and oxygen atoms in total. The van der Waals surface area contributed by atoms with Crippen LogP contribution in [0.4, 0.5) is 5.69 Å². The summed E-state index contributed by atoms with van der Waals surface area (Å²) < 4.78 is 33.1. The topological polar surface area (TPSA) is 55.4 Å². The number of ether oxygens (including phenoxy) is 1. The highest BCUT2D eigenvalue weighted by Crippen LogP contribution is 2.35. The van der Waals surface area contributed by atoms with Gasteiger partial charge >= 0.3 is 0 Å². The quantitative estimate of drug-likeness (QED) is 0.803. The zero-order valence-electron chi connectivity index (χ0n) is 10.7. The van der Waals surface area contributed by atoms with Crippen molar-refractivity contribution in [2.24, 2.45) is 0 Å². The highest BCUT2D eigenvalue weighted by molar-refractivity contribution is 9.10. The molecule has 0 aliphatic heterocycles. The molecule has 0 fully saturated rings. The minimum absolute atomic E-state index is 0.0248. The van der Waals surface area contributed by atoms with Gasteiger partial charge in [0.2, 0.25) is 0 Å². The van der Waals surface area contributed by atoms with Crippen molar-refractivity contribution >= 4 is 54.8 Å². The summed E-state index contributed by atoms with van der Waals surface area (Å²) in [6.07, 6.45) is 0. The largest absolute Gasteiger partial charge is 0.495 e. The maximum Gasteiger partial charge on any atom is 0.265 e. The number of sulfonamides is 1. The summed E-state index contributed by atoms with van der Waals surface area (Å²) in [6.45, 7) is 0. The first kappa shape index (κ1) is 16.4. The molecule has 0 atom stereocenters. The van der Waals surface area contributed by atoms with Gasteiger partial charge in [-0.15, -0.1) is 0 Å². The Kier molecular flexibility index (Phi) is 5.03. The molecule has 2 aromatic carbocycles. The lowest BCUT2D eigenvalue weighted by Gasteiger charge is -2.13. The van der Waals surface area contributed by atoms with Crippen LogP contribution in [-0.4, -0.2) is 15.5 Å². The standard InChI is InChI=1S/C13H10BrCl2NO3S/c1-20-12-5-3-2-4-11(12)17-21(18,19)13-9(15)6-8(14)7-10(13)16/h2-7,17H,1H3. The third kappa shape index (κ3) is 3.63. The fourth-order valence-electron chi connectivity index (χ4n) is 1.71. The van der Waals surface area contributed by atoms with E-state index in [9.17, 15) is 8.42 Å². The molecule has 0 aromatic heterocycles. The first-order chi connectivity index (χ1) is 9.85. The minimum Gasteiger partial charge on any atom is -0.495 e. The maximum absolute atomic E-state index is 12.5. The molecular formula is C13H10BrCl2NO3S. The van der Waals surface area contributed by atoms with Gasteiger partial charge < -0.3 is 4.74 Å². The lowest BCUT2D eigenvalue weighted by molar-refractivity contribution is 0.417. The van der Waals surface area contributed by atoms with E-state index in [1.54, 1.807) is 24.3 Å². The number of hydrogen-bond acceptors (Lipinski definition) is 3. The van der Waals surface area contributed by atoms with E-state index >= 15 is 0 Å². The summed E-state index contributed by atoms with van der Waals surface area (Å²) in [5, 5.41) is 0.0496. The Labute approximate surface area is 141 Å². The molecule has 0 spiro atoms. The van der Waals surface area contributed by atoms with Crippen LogP contribution in [0.1, 0.15) is 0 Å². The summed E-state index contributed by atoms with van der Waals surface area (Å²) in [5.41, 5.74) is 0.301. The second-order valence-corrected chi connectivity index (χ2v) is 7.35. The first-order valence-corrected chi connectivity index (χ1v) is 8.69. The van der Waals surface area contributed by atoms with Crippen molar-refractivity contribution in [3.8, 4) is 5.75 Å². The summed E-state index contributed by atoms with van der Waals surface area (Å²) in [7, 11) is -2.49. The number of halogens is 3. The predicted molar refractivity (Wildman–Crippen MR) is 88.0 cm³/mol. The Morgan fingerprint density at radius 3 is 2.29 bits per heavy atom. The number of nitrogens with one attached hydrogen (secondary N) is 1. The Morgan fingerprint density at radius 2 is 1.71 bits per heavy atom. The lowest BCUT2D eigenvalue weighted by Crippen LogP contribution is -2.14. The van der Waals surface area contributed by atoms with Crippen LogP contribution in [-0.2, 0) is 10.0 Å². The molecule has 112 valence electrons. The normalized spacial score (nSPS) is 11.2. The van der Waals surface area contributed by atoms with Crippen molar-refractivity contribution in [2.75, 3.05) is 11.8 Å². The van der Waals surface area contributed by atoms with Gasteiger partial charge in [-0.2, -0.15) is 0 Å². The number of benzene rings is 2. The summed E-state index contributed by atoms with van der Waals surface area (Å²) >= 11 is 15.2. The zero-order chi connectivity index (χ0) is 15.6. The van der Waals surface area contributed by atoms with Crippen LogP contribution < -0.4 is 9.46 Å². The van der Waals surface area contributed by atoms with Gasteiger partial charge in [-0.25, -0.2) is 8.42 Å². The van der Waals surface area contributed by atoms with Crippen molar-refractivity contribution in [3.63, 3.8) is 0 Å². The van der Waals surface area contributed by atoms with Gasteiger partial charge in [-0.05, 0) is 24.3 Å². The maximum atomic E-state index is 12.5. The molecule has 0 bridgehead atoms. The number of methoxy groups -OCH3 is 1. The van der Waals surface area contributed by atoms with Gasteiger partial charge in [0.1, 0.15) is 10.6 Å². The van der Waals surface area contributed by atoms with Crippen LogP contribution >= 0.6 is 39.1 Å². The molecule has 2 rings (SSSR count). The highest BCUT2D eigenvalue weighted by Gasteiger charge is 2.23. The molecule has 0 saturated heterocycles. The van der Waals surface area contributed by atoms with Crippen LogP contribution in [0.5, 0.6) is 5.75 Å². The number of rotatable bonds is 4. The number of anilines is 1. The van der Waals surface area contributed by atoms with Crippen LogP contribution in [0.25, 0.3) is 0 Å². The monoisotopic (exact) mass is 409 g/mol. The number of para-hydroxylation sites is 2. The van der Waals surface area contributed by atoms with Crippen LogP contribution in [0.15, 0.2) is 45.8 Å². The predicted octanol–water partition coefficient (Wildman–Crippen LogP) is 4.57. The van der Waals surface area contributed by atoms with Crippen molar-refractivity contribution in [3.05, 3.63) is 50.9 Å². The average molecular weight is 411 g/mol. The smallest absolute Gasteiger partial charge is 0.265 e. The van der Waals surface area contributed by atoms with E-state index in [0.717, 1.165) is 0 Å². The summed E-state index contributed by atoms with van der Waals surface area (Å²) in [6, 6.07) is 9.57. The van der Waals surface area contributed by atoms with Crippen molar-refractivity contribution in [1.29, 1.82) is 0 Å². The van der Waals surface area contributed by atoms with Gasteiger partial charge in [0, 0.05) is 4.47 Å². The average Bonchev–Trinajstić information content (AvgIpc) is 2.37. The molecular weight excluding hydrogens is 401 g/mol. The molecule has 8 heteroatoms. The van der Waals surface area contributed by atoms with Gasteiger partial charge in [-0.1, -0.05) is 51.3 Å². The Balaban J connectivity index is 2.49. The van der Waals surface area contributed by atoms with Crippen LogP contribution in [0.2, 0.25) is 10.0 Å². The van der Waals surface area contributed by atoms with Crippen molar-refractivity contribution in [2.45, 2.75) is 4.90 Å². The fourth-order valence-corrected chi connectivity index (χ4v) is 4.72. The minimum atomic E-state index is -3.94. The Morgan fingerprint density at radius 1 is 1.14 bits per heavy atom. The SMILES string of the molecule is COc1ccccc1NS(=O)(=O)c1c(Cl)cc(Br)cc1Cl. The molecule has 0 aliphatic rings. The van der Waals surface area contributed by atoms with E-state index < -0.39 is 10.0 Å². The summed E-state index contributed by atoms with van der Waals surface area (Å²) in [5.74, 6) is 0.394. The lowest BCUT2D eigenvalue weighted by atomic mass is 10.3. The molecule has 0 heterocycles. The molecule has 2 aromatic rings. The van der Waals surface area contributed by atoms with Gasteiger partial charge in [0.05, 0.1) is 22.8 Å². The van der Waals surface area contributed by atoms with Crippen LogP contribution in [0, 0.1) is 0 Å². The third-order valence-corrected chi connectivity index (χ3v) is 5.33. The van der Waals surface area contributed by atoms with Crippen molar-refractivity contribution < 1.29 is 13.2 Å².